The second-order valence-electron chi connectivity index (χ2n) is 10.4. The number of aliphatic hydroxyl groups excluding tert-OH is 1. The van der Waals surface area contributed by atoms with Crippen molar-refractivity contribution in [3.63, 3.8) is 0 Å². The Morgan fingerprint density at radius 3 is 2.15 bits per heavy atom. The quantitative estimate of drug-likeness (QED) is 0.233. The minimum Gasteiger partial charge on any atom is -0.392 e. The van der Waals surface area contributed by atoms with Gasteiger partial charge in [-0.25, -0.2) is 0 Å². The van der Waals surface area contributed by atoms with Gasteiger partial charge < -0.3 is 30.5 Å². The molecule has 1 aromatic carbocycles. The normalized spacial score (nSPS) is 14.4. The molecule has 0 fully saturated rings. The van der Waals surface area contributed by atoms with E-state index in [4.69, 9.17) is 14.6 Å². The molecule has 0 aliphatic carbocycles. The maximum absolute atomic E-state index is 12.3. The number of hydrogen-bond acceptors (Lipinski definition) is 8. The number of aliphatic hydroxyl groups is 1. The van der Waals surface area contributed by atoms with Crippen molar-refractivity contribution < 1.29 is 38.6 Å². The van der Waals surface area contributed by atoms with Crippen molar-refractivity contribution in [1.82, 2.24) is 15.5 Å². The molecule has 39 heavy (non-hydrogen) atoms. The van der Waals surface area contributed by atoms with E-state index in [9.17, 15) is 24.0 Å². The minimum absolute atomic E-state index is 0.00241. The van der Waals surface area contributed by atoms with Crippen molar-refractivity contribution in [3.8, 4) is 0 Å². The van der Waals surface area contributed by atoms with Gasteiger partial charge in [0.25, 0.3) is 11.8 Å². The highest BCUT2D eigenvalue weighted by Gasteiger charge is 2.33. The molecule has 1 aromatic rings. The Morgan fingerprint density at radius 1 is 0.949 bits per heavy atom. The zero-order valence-electron chi connectivity index (χ0n) is 23.0. The number of carbonyl (C=O) groups is 5. The van der Waals surface area contributed by atoms with E-state index in [1.54, 1.807) is 52.0 Å². The van der Waals surface area contributed by atoms with Gasteiger partial charge in [-0.2, -0.15) is 0 Å². The number of rotatable bonds is 15. The summed E-state index contributed by atoms with van der Waals surface area (Å²) in [6, 6.07) is 5.80. The van der Waals surface area contributed by atoms with Crippen LogP contribution in [0.25, 0.3) is 0 Å². The zero-order valence-corrected chi connectivity index (χ0v) is 23.0. The lowest BCUT2D eigenvalue weighted by atomic mass is 10.1. The second-order valence-corrected chi connectivity index (χ2v) is 10.4. The van der Waals surface area contributed by atoms with Crippen LogP contribution >= 0.6 is 0 Å². The molecule has 1 unspecified atom stereocenters. The van der Waals surface area contributed by atoms with E-state index >= 15 is 0 Å². The van der Waals surface area contributed by atoms with Crippen molar-refractivity contribution >= 4 is 35.2 Å². The van der Waals surface area contributed by atoms with Crippen molar-refractivity contribution in [3.05, 3.63) is 42.0 Å². The summed E-state index contributed by atoms with van der Waals surface area (Å²) in [6.07, 6.45) is 2.44. The highest BCUT2D eigenvalue weighted by atomic mass is 16.6. The van der Waals surface area contributed by atoms with Crippen molar-refractivity contribution in [1.29, 1.82) is 0 Å². The van der Waals surface area contributed by atoms with Crippen LogP contribution in [0.1, 0.15) is 46.6 Å². The zero-order chi connectivity index (χ0) is 29.2. The van der Waals surface area contributed by atoms with E-state index in [1.807, 2.05) is 0 Å². The topological polar surface area (TPSA) is 163 Å². The summed E-state index contributed by atoms with van der Waals surface area (Å²) in [6.45, 7) is 8.54. The van der Waals surface area contributed by atoms with Crippen LogP contribution in [0, 0.1) is 0 Å². The van der Waals surface area contributed by atoms with Gasteiger partial charge in [-0.05, 0) is 52.3 Å². The van der Waals surface area contributed by atoms with Gasteiger partial charge in [-0.1, -0.05) is 12.1 Å². The molecule has 214 valence electrons. The second kappa shape index (κ2) is 14.0. The number of carbonyl (C=O) groups excluding carboxylic acids is 5. The molecule has 0 saturated carbocycles. The van der Waals surface area contributed by atoms with Crippen molar-refractivity contribution in [2.24, 2.45) is 0 Å². The fourth-order valence-corrected chi connectivity index (χ4v) is 3.41. The Bertz CT molecular complexity index is 1060. The molecule has 0 spiro atoms. The molecule has 2 rings (SSSR count). The highest BCUT2D eigenvalue weighted by Crippen LogP contribution is 2.19. The molecule has 5 amide bonds. The third-order valence-electron chi connectivity index (χ3n) is 5.69. The van der Waals surface area contributed by atoms with Gasteiger partial charge in [0.1, 0.15) is 6.04 Å². The maximum Gasteiger partial charge on any atom is 0.253 e. The third kappa shape index (κ3) is 11.0. The summed E-state index contributed by atoms with van der Waals surface area (Å²) in [5, 5.41) is 16.7. The van der Waals surface area contributed by atoms with Crippen LogP contribution in [0.3, 0.4) is 0 Å². The molecule has 12 heteroatoms. The van der Waals surface area contributed by atoms with Crippen LogP contribution in [-0.2, 0) is 40.1 Å². The number of imide groups is 1. The molecular formula is C27H38N4O8. The molecular weight excluding hydrogens is 508 g/mol. The van der Waals surface area contributed by atoms with E-state index in [1.165, 1.54) is 19.1 Å². The Morgan fingerprint density at radius 2 is 1.56 bits per heavy atom. The lowest BCUT2D eigenvalue weighted by Crippen LogP contribution is -2.46. The Kier molecular flexibility index (Phi) is 11.3. The Balaban J connectivity index is 1.65. The number of anilines is 1. The molecule has 0 bridgehead atoms. The summed E-state index contributed by atoms with van der Waals surface area (Å²) < 4.78 is 11.7. The first-order valence-electron chi connectivity index (χ1n) is 12.6. The number of nitrogens with zero attached hydrogens (tertiary/aromatic N) is 1. The number of hydrogen-bond donors (Lipinski definition) is 4. The monoisotopic (exact) mass is 546 g/mol. The first-order chi connectivity index (χ1) is 18.2. The predicted molar refractivity (Wildman–Crippen MR) is 142 cm³/mol. The van der Waals surface area contributed by atoms with E-state index in [0.29, 0.717) is 11.3 Å². The van der Waals surface area contributed by atoms with E-state index in [-0.39, 0.29) is 51.1 Å². The van der Waals surface area contributed by atoms with Gasteiger partial charge in [0, 0.05) is 24.3 Å². The van der Waals surface area contributed by atoms with Gasteiger partial charge in [0.15, 0.2) is 0 Å². The lowest BCUT2D eigenvalue weighted by Gasteiger charge is -2.34. The summed E-state index contributed by atoms with van der Waals surface area (Å²) in [4.78, 5) is 61.2. The summed E-state index contributed by atoms with van der Waals surface area (Å²) in [5.41, 5.74) is -0.327. The summed E-state index contributed by atoms with van der Waals surface area (Å²) >= 11 is 0. The standard InChI is InChI=1S/C27H38N4O8/c1-18(25(37)30-20-8-6-19(15-32)7-9-20)29-22(34)14-28-21(33)12-13-38-27(4,5)17-39-26(2,3)16-31-23(35)10-11-24(31)36/h6-11,18,32H,12-17H2,1-5H3,(H,28,33)(H,29,34)(H,30,37). The molecule has 4 N–H and O–H groups in total. The van der Waals surface area contributed by atoms with Crippen molar-refractivity contribution in [2.45, 2.75) is 64.9 Å². The van der Waals surface area contributed by atoms with E-state index < -0.39 is 35.0 Å². The smallest absolute Gasteiger partial charge is 0.253 e. The predicted octanol–water partition coefficient (Wildman–Crippen LogP) is 0.644. The van der Waals surface area contributed by atoms with Gasteiger partial charge >= 0.3 is 0 Å². The fraction of sp³-hybridized carbons (Fsp3) is 0.519. The van der Waals surface area contributed by atoms with Gasteiger partial charge in [0.05, 0.1) is 44.1 Å². The van der Waals surface area contributed by atoms with Crippen molar-refractivity contribution in [2.75, 3.05) is 31.6 Å². The summed E-state index contributed by atoms with van der Waals surface area (Å²) in [7, 11) is 0. The first-order valence-corrected chi connectivity index (χ1v) is 12.6. The lowest BCUT2D eigenvalue weighted by molar-refractivity contribution is -0.149. The van der Waals surface area contributed by atoms with Gasteiger partial charge in [-0.15, -0.1) is 0 Å². The van der Waals surface area contributed by atoms with Gasteiger partial charge in [0.2, 0.25) is 17.7 Å². The molecule has 0 saturated heterocycles. The number of ether oxygens (including phenoxy) is 2. The average molecular weight is 547 g/mol. The molecule has 12 nitrogen and oxygen atoms in total. The molecule has 1 aliphatic rings. The Labute approximate surface area is 228 Å². The Hall–Kier alpha value is -3.61. The van der Waals surface area contributed by atoms with Crippen LogP contribution in [0.4, 0.5) is 5.69 Å². The molecule has 1 heterocycles. The minimum atomic E-state index is -0.835. The highest BCUT2D eigenvalue weighted by molar-refractivity contribution is 6.12. The summed E-state index contributed by atoms with van der Waals surface area (Å²) in [5.74, 6) is -2.11. The molecule has 0 aromatic heterocycles. The van der Waals surface area contributed by atoms with E-state index in [0.717, 1.165) is 4.90 Å². The van der Waals surface area contributed by atoms with Crippen LogP contribution in [-0.4, -0.2) is 83.1 Å². The molecule has 1 aliphatic heterocycles. The van der Waals surface area contributed by atoms with Crippen LogP contribution in [0.5, 0.6) is 0 Å². The van der Waals surface area contributed by atoms with Crippen LogP contribution in [0.2, 0.25) is 0 Å². The van der Waals surface area contributed by atoms with Crippen LogP contribution < -0.4 is 16.0 Å². The van der Waals surface area contributed by atoms with Gasteiger partial charge in [-0.3, -0.25) is 28.9 Å². The largest absolute Gasteiger partial charge is 0.392 e. The first kappa shape index (κ1) is 31.6. The average Bonchev–Trinajstić information content (AvgIpc) is 3.18. The third-order valence-corrected chi connectivity index (χ3v) is 5.69. The number of amides is 5. The number of benzene rings is 1. The molecule has 1 atom stereocenters. The fourth-order valence-electron chi connectivity index (χ4n) is 3.41. The SMILES string of the molecule is CC(NC(=O)CNC(=O)CCOC(C)(C)COC(C)(C)CN1C(=O)C=CC1=O)C(=O)Nc1ccc(CO)cc1. The number of nitrogens with one attached hydrogen (secondary N) is 3. The maximum atomic E-state index is 12.3. The molecule has 0 radical (unpaired) electrons. The van der Waals surface area contributed by atoms with Crippen LogP contribution in [0.15, 0.2) is 36.4 Å². The van der Waals surface area contributed by atoms with E-state index in [2.05, 4.69) is 16.0 Å².